The highest BCUT2D eigenvalue weighted by Gasteiger charge is 2.21. The summed E-state index contributed by atoms with van der Waals surface area (Å²) in [7, 11) is 0. The number of hydrogen-bond acceptors (Lipinski definition) is 1. The normalized spacial score (nSPS) is 13.9. The van der Waals surface area contributed by atoms with Crippen LogP contribution in [0.3, 0.4) is 0 Å². The summed E-state index contributed by atoms with van der Waals surface area (Å²) in [6.07, 6.45) is 1.16. The lowest BCUT2D eigenvalue weighted by molar-refractivity contribution is 0.129. The third kappa shape index (κ3) is 4.11. The molecule has 16 heavy (non-hydrogen) atoms. The van der Waals surface area contributed by atoms with Crippen LogP contribution in [0.4, 0.5) is 4.39 Å². The molecule has 1 unspecified atom stereocenters. The van der Waals surface area contributed by atoms with Crippen molar-refractivity contribution in [2.45, 2.75) is 39.7 Å². The molecule has 1 rings (SSSR count). The van der Waals surface area contributed by atoms with E-state index in [0.717, 1.165) is 12.0 Å². The Hall–Kier alpha value is -0.600. The van der Waals surface area contributed by atoms with Crippen molar-refractivity contribution in [1.29, 1.82) is 0 Å². The van der Waals surface area contributed by atoms with Crippen LogP contribution in [-0.2, 0) is 6.42 Å². The van der Waals surface area contributed by atoms with E-state index in [9.17, 15) is 9.50 Å². The Kier molecular flexibility index (Phi) is 4.34. The van der Waals surface area contributed by atoms with E-state index in [2.05, 4.69) is 13.8 Å². The van der Waals surface area contributed by atoms with Gasteiger partial charge >= 0.3 is 0 Å². The predicted molar refractivity (Wildman–Crippen MR) is 65.2 cm³/mol. The largest absolute Gasteiger partial charge is 0.393 e. The lowest BCUT2D eigenvalue weighted by Crippen LogP contribution is -2.21. The molecule has 0 bridgehead atoms. The van der Waals surface area contributed by atoms with Crippen molar-refractivity contribution < 1.29 is 9.50 Å². The van der Waals surface area contributed by atoms with Crippen LogP contribution in [0.2, 0.25) is 5.02 Å². The first-order valence-electron chi connectivity index (χ1n) is 5.42. The van der Waals surface area contributed by atoms with Crippen molar-refractivity contribution >= 4 is 11.6 Å². The molecule has 0 aromatic heterocycles. The van der Waals surface area contributed by atoms with Crippen molar-refractivity contribution in [3.63, 3.8) is 0 Å². The lowest BCUT2D eigenvalue weighted by atomic mass is 9.81. The monoisotopic (exact) mass is 244 g/mol. The minimum absolute atomic E-state index is 0.0185. The molecule has 0 heterocycles. The van der Waals surface area contributed by atoms with Crippen molar-refractivity contribution in [2.75, 3.05) is 0 Å². The van der Waals surface area contributed by atoms with Gasteiger partial charge in [0.25, 0.3) is 0 Å². The van der Waals surface area contributed by atoms with Crippen LogP contribution in [-0.4, -0.2) is 11.2 Å². The van der Waals surface area contributed by atoms with E-state index in [1.54, 1.807) is 19.1 Å². The van der Waals surface area contributed by atoms with Crippen LogP contribution in [0.5, 0.6) is 0 Å². The van der Waals surface area contributed by atoms with E-state index >= 15 is 0 Å². The highest BCUT2D eigenvalue weighted by atomic mass is 35.5. The Morgan fingerprint density at radius 2 is 2.06 bits per heavy atom. The van der Waals surface area contributed by atoms with Crippen molar-refractivity contribution in [2.24, 2.45) is 5.41 Å². The molecule has 0 spiro atoms. The van der Waals surface area contributed by atoms with Crippen molar-refractivity contribution in [3.8, 4) is 0 Å². The molecule has 0 aliphatic rings. The summed E-state index contributed by atoms with van der Waals surface area (Å²) in [4.78, 5) is 0. The predicted octanol–water partition coefficient (Wildman–Crippen LogP) is 3.82. The average Bonchev–Trinajstić information content (AvgIpc) is 2.08. The van der Waals surface area contributed by atoms with Crippen LogP contribution in [0.25, 0.3) is 0 Å². The molecule has 0 aliphatic heterocycles. The standard InChI is InChI=1S/C13H18ClFO/c1-9(16)7-13(2,3)8-10-4-5-12(15)11(14)6-10/h4-6,9,16H,7-8H2,1-3H3. The molecule has 0 radical (unpaired) electrons. The zero-order chi connectivity index (χ0) is 12.3. The fourth-order valence-corrected chi connectivity index (χ4v) is 2.28. The summed E-state index contributed by atoms with van der Waals surface area (Å²) in [5.74, 6) is -0.390. The molecular formula is C13H18ClFO. The zero-order valence-electron chi connectivity index (χ0n) is 9.93. The summed E-state index contributed by atoms with van der Waals surface area (Å²) in [6, 6.07) is 4.78. The van der Waals surface area contributed by atoms with Crippen LogP contribution >= 0.6 is 11.6 Å². The van der Waals surface area contributed by atoms with Crippen LogP contribution in [0.1, 0.15) is 32.8 Å². The summed E-state index contributed by atoms with van der Waals surface area (Å²) >= 11 is 5.72. The maximum atomic E-state index is 13.0. The first-order valence-corrected chi connectivity index (χ1v) is 5.80. The fraction of sp³-hybridized carbons (Fsp3) is 0.538. The number of halogens is 2. The van der Waals surface area contributed by atoms with Crippen molar-refractivity contribution in [3.05, 3.63) is 34.6 Å². The molecule has 0 saturated carbocycles. The molecule has 0 aliphatic carbocycles. The topological polar surface area (TPSA) is 20.2 Å². The Bertz CT molecular complexity index is 361. The first kappa shape index (κ1) is 13.5. The molecule has 1 aromatic rings. The van der Waals surface area contributed by atoms with E-state index in [1.807, 2.05) is 0 Å². The van der Waals surface area contributed by atoms with E-state index in [1.165, 1.54) is 6.07 Å². The van der Waals surface area contributed by atoms with E-state index in [4.69, 9.17) is 11.6 Å². The number of aliphatic hydroxyl groups excluding tert-OH is 1. The van der Waals surface area contributed by atoms with E-state index in [0.29, 0.717) is 6.42 Å². The average molecular weight is 245 g/mol. The molecule has 1 nitrogen and oxygen atoms in total. The van der Waals surface area contributed by atoms with Gasteiger partial charge in [-0.15, -0.1) is 0 Å². The van der Waals surface area contributed by atoms with Crippen LogP contribution < -0.4 is 0 Å². The van der Waals surface area contributed by atoms with E-state index < -0.39 is 5.82 Å². The van der Waals surface area contributed by atoms with Gasteiger partial charge in [-0.25, -0.2) is 4.39 Å². The summed E-state index contributed by atoms with van der Waals surface area (Å²) in [5.41, 5.74) is 0.979. The fourth-order valence-electron chi connectivity index (χ4n) is 2.07. The van der Waals surface area contributed by atoms with Gasteiger partial charge in [0.1, 0.15) is 5.82 Å². The second-order valence-electron chi connectivity index (χ2n) is 5.14. The SMILES string of the molecule is CC(O)CC(C)(C)Cc1ccc(F)c(Cl)c1. The van der Waals surface area contributed by atoms with Gasteiger partial charge in [0.05, 0.1) is 11.1 Å². The molecule has 0 fully saturated rings. The number of benzene rings is 1. The van der Waals surface area contributed by atoms with Crippen molar-refractivity contribution in [1.82, 2.24) is 0 Å². The van der Waals surface area contributed by atoms with E-state index in [-0.39, 0.29) is 16.5 Å². The Morgan fingerprint density at radius 1 is 1.44 bits per heavy atom. The molecule has 90 valence electrons. The zero-order valence-corrected chi connectivity index (χ0v) is 10.7. The molecule has 0 amide bonds. The quantitative estimate of drug-likeness (QED) is 0.854. The smallest absolute Gasteiger partial charge is 0.141 e. The summed E-state index contributed by atoms with van der Waals surface area (Å²) in [5, 5.41) is 9.54. The highest BCUT2D eigenvalue weighted by Crippen LogP contribution is 2.29. The van der Waals surface area contributed by atoms with Gasteiger partial charge in [-0.3, -0.25) is 0 Å². The van der Waals surface area contributed by atoms with Crippen LogP contribution in [0, 0.1) is 11.2 Å². The van der Waals surface area contributed by atoms with Gasteiger partial charge < -0.3 is 5.11 Å². The molecular weight excluding hydrogens is 227 g/mol. The molecule has 1 atom stereocenters. The van der Waals surface area contributed by atoms with Gasteiger partial charge in [-0.05, 0) is 42.9 Å². The summed E-state index contributed by atoms with van der Waals surface area (Å²) in [6.45, 7) is 5.94. The van der Waals surface area contributed by atoms with Gasteiger partial charge in [0.2, 0.25) is 0 Å². The Labute approximate surface area is 101 Å². The van der Waals surface area contributed by atoms with Crippen LogP contribution in [0.15, 0.2) is 18.2 Å². The minimum atomic E-state index is -0.390. The molecule has 3 heteroatoms. The first-order chi connectivity index (χ1) is 7.30. The maximum absolute atomic E-state index is 13.0. The minimum Gasteiger partial charge on any atom is -0.393 e. The third-order valence-corrected chi connectivity index (χ3v) is 2.80. The van der Waals surface area contributed by atoms with Gasteiger partial charge in [0, 0.05) is 0 Å². The Morgan fingerprint density at radius 3 is 2.56 bits per heavy atom. The number of rotatable bonds is 4. The number of hydrogen-bond donors (Lipinski definition) is 1. The Balaban J connectivity index is 2.76. The second kappa shape index (κ2) is 5.15. The second-order valence-corrected chi connectivity index (χ2v) is 5.55. The maximum Gasteiger partial charge on any atom is 0.141 e. The molecule has 0 saturated heterocycles. The van der Waals surface area contributed by atoms with Gasteiger partial charge in [0.15, 0.2) is 0 Å². The molecule has 1 aromatic carbocycles. The van der Waals surface area contributed by atoms with Gasteiger partial charge in [-0.2, -0.15) is 0 Å². The lowest BCUT2D eigenvalue weighted by Gasteiger charge is -2.26. The molecule has 1 N–H and O–H groups in total. The third-order valence-electron chi connectivity index (χ3n) is 2.51. The summed E-state index contributed by atoms with van der Waals surface area (Å²) < 4.78 is 13.0. The highest BCUT2D eigenvalue weighted by molar-refractivity contribution is 6.30. The number of aliphatic hydroxyl groups is 1. The van der Waals surface area contributed by atoms with Gasteiger partial charge in [-0.1, -0.05) is 31.5 Å².